The lowest BCUT2D eigenvalue weighted by molar-refractivity contribution is -0.128. The molecule has 2 rings (SSSR count). The summed E-state index contributed by atoms with van der Waals surface area (Å²) >= 11 is 5.84. The Labute approximate surface area is 129 Å². The number of rotatable bonds is 6. The smallest absolute Gasteiger partial charge is 0.223 e. The largest absolute Gasteiger partial charge is 0.493 e. The van der Waals surface area contributed by atoms with E-state index in [-0.39, 0.29) is 11.8 Å². The van der Waals surface area contributed by atoms with Crippen molar-refractivity contribution < 1.29 is 19.0 Å². The minimum Gasteiger partial charge on any atom is -0.493 e. The van der Waals surface area contributed by atoms with E-state index in [1.807, 2.05) is 17.0 Å². The molecule has 0 N–H and O–H groups in total. The van der Waals surface area contributed by atoms with E-state index in [0.717, 1.165) is 5.56 Å². The van der Waals surface area contributed by atoms with Crippen molar-refractivity contribution in [3.05, 3.63) is 17.7 Å². The van der Waals surface area contributed by atoms with Gasteiger partial charge in [0.15, 0.2) is 11.5 Å². The Kier molecular flexibility index (Phi) is 5.17. The number of carbonyl (C=O) groups is 1. The highest BCUT2D eigenvalue weighted by Gasteiger charge is 2.29. The number of ether oxygens (including phenoxy) is 3. The van der Waals surface area contributed by atoms with Crippen LogP contribution in [0.3, 0.4) is 0 Å². The number of hydrogen-bond acceptors (Lipinski definition) is 4. The Morgan fingerprint density at radius 1 is 1.19 bits per heavy atom. The molecule has 5 nitrogen and oxygen atoms in total. The van der Waals surface area contributed by atoms with Gasteiger partial charge in [0.25, 0.3) is 0 Å². The third-order valence-electron chi connectivity index (χ3n) is 3.61. The highest BCUT2D eigenvalue weighted by molar-refractivity contribution is 6.18. The minimum absolute atomic E-state index is 0.134. The first-order valence-corrected chi connectivity index (χ1v) is 7.29. The molecule has 1 aromatic rings. The number of alkyl halides is 1. The number of hydrogen-bond donors (Lipinski definition) is 0. The normalized spacial score (nSPS) is 18.0. The zero-order valence-electron chi connectivity index (χ0n) is 12.5. The van der Waals surface area contributed by atoms with Gasteiger partial charge in [0.2, 0.25) is 11.7 Å². The summed E-state index contributed by atoms with van der Waals surface area (Å²) in [6, 6.07) is 3.73. The lowest BCUT2D eigenvalue weighted by atomic mass is 10.1. The number of nitrogens with zero attached hydrogens (tertiary/aromatic N) is 1. The van der Waals surface area contributed by atoms with E-state index in [1.165, 1.54) is 0 Å². The van der Waals surface area contributed by atoms with Crippen molar-refractivity contribution in [2.75, 3.05) is 33.8 Å². The van der Waals surface area contributed by atoms with Crippen LogP contribution in [-0.2, 0) is 11.3 Å². The highest BCUT2D eigenvalue weighted by atomic mass is 35.5. The molecule has 1 aromatic carbocycles. The van der Waals surface area contributed by atoms with Gasteiger partial charge in [0.05, 0.1) is 21.3 Å². The fourth-order valence-corrected chi connectivity index (χ4v) is 2.76. The number of amides is 1. The van der Waals surface area contributed by atoms with Crippen molar-refractivity contribution in [2.24, 2.45) is 5.92 Å². The Balaban J connectivity index is 2.22. The number of benzene rings is 1. The van der Waals surface area contributed by atoms with Gasteiger partial charge in [-0.15, -0.1) is 11.6 Å². The molecule has 1 unspecified atom stereocenters. The molecule has 1 amide bonds. The van der Waals surface area contributed by atoms with Crippen LogP contribution in [0.25, 0.3) is 0 Å². The molecule has 0 aromatic heterocycles. The van der Waals surface area contributed by atoms with E-state index in [9.17, 15) is 4.79 Å². The van der Waals surface area contributed by atoms with Gasteiger partial charge in [-0.2, -0.15) is 0 Å². The summed E-state index contributed by atoms with van der Waals surface area (Å²) in [5.41, 5.74) is 0.938. The molecule has 0 bridgehead atoms. The molecule has 116 valence electrons. The van der Waals surface area contributed by atoms with Gasteiger partial charge in [-0.05, 0) is 23.6 Å². The van der Waals surface area contributed by atoms with Gasteiger partial charge in [0.1, 0.15) is 0 Å². The molecule has 1 fully saturated rings. The first kappa shape index (κ1) is 15.8. The van der Waals surface area contributed by atoms with Gasteiger partial charge >= 0.3 is 0 Å². The molecule has 0 radical (unpaired) electrons. The summed E-state index contributed by atoms with van der Waals surface area (Å²) in [5, 5.41) is 0. The van der Waals surface area contributed by atoms with Gasteiger partial charge in [-0.25, -0.2) is 0 Å². The Morgan fingerprint density at radius 3 is 2.24 bits per heavy atom. The second kappa shape index (κ2) is 6.89. The fraction of sp³-hybridized carbons (Fsp3) is 0.533. The van der Waals surface area contributed by atoms with Crippen molar-refractivity contribution in [3.63, 3.8) is 0 Å². The lowest BCUT2D eigenvalue weighted by Crippen LogP contribution is -2.24. The maximum atomic E-state index is 12.0. The summed E-state index contributed by atoms with van der Waals surface area (Å²) < 4.78 is 15.9. The van der Waals surface area contributed by atoms with Crippen LogP contribution in [0, 0.1) is 5.92 Å². The Morgan fingerprint density at radius 2 is 1.81 bits per heavy atom. The van der Waals surface area contributed by atoms with Crippen molar-refractivity contribution in [1.29, 1.82) is 0 Å². The molecule has 1 aliphatic rings. The maximum absolute atomic E-state index is 12.0. The molecule has 6 heteroatoms. The molecule has 21 heavy (non-hydrogen) atoms. The summed E-state index contributed by atoms with van der Waals surface area (Å²) in [5.74, 6) is 2.61. The van der Waals surface area contributed by atoms with Crippen molar-refractivity contribution >= 4 is 17.5 Å². The first-order valence-electron chi connectivity index (χ1n) is 6.75. The van der Waals surface area contributed by atoms with Gasteiger partial charge in [-0.3, -0.25) is 4.79 Å². The van der Waals surface area contributed by atoms with Crippen molar-refractivity contribution in [1.82, 2.24) is 4.90 Å². The predicted molar refractivity (Wildman–Crippen MR) is 80.3 cm³/mol. The van der Waals surface area contributed by atoms with Crippen LogP contribution in [0.4, 0.5) is 0 Å². The third kappa shape index (κ3) is 3.35. The molecular formula is C15H20ClNO4. The second-order valence-corrected chi connectivity index (χ2v) is 5.34. The SMILES string of the molecule is COc1cc(CN2CC(CCl)CC2=O)cc(OC)c1OC. The van der Waals surface area contributed by atoms with E-state index in [4.69, 9.17) is 25.8 Å². The van der Waals surface area contributed by atoms with Crippen LogP contribution in [0.5, 0.6) is 17.2 Å². The van der Waals surface area contributed by atoms with E-state index < -0.39 is 0 Å². The minimum atomic E-state index is 0.134. The van der Waals surface area contributed by atoms with Gasteiger partial charge in [-0.1, -0.05) is 0 Å². The van der Waals surface area contributed by atoms with Crippen LogP contribution in [0.15, 0.2) is 12.1 Å². The van der Waals surface area contributed by atoms with Crippen LogP contribution >= 0.6 is 11.6 Å². The maximum Gasteiger partial charge on any atom is 0.223 e. The summed E-state index contributed by atoms with van der Waals surface area (Å²) in [7, 11) is 4.71. The molecule has 1 saturated heterocycles. The topological polar surface area (TPSA) is 48.0 Å². The number of halogens is 1. The number of carbonyl (C=O) groups excluding carboxylic acids is 1. The lowest BCUT2D eigenvalue weighted by Gasteiger charge is -2.19. The molecular weight excluding hydrogens is 294 g/mol. The summed E-state index contributed by atoms with van der Waals surface area (Å²) in [4.78, 5) is 13.8. The zero-order chi connectivity index (χ0) is 15.4. The van der Waals surface area contributed by atoms with Crippen LogP contribution < -0.4 is 14.2 Å². The molecule has 0 spiro atoms. The fourth-order valence-electron chi connectivity index (χ4n) is 2.56. The number of methoxy groups -OCH3 is 3. The Bertz CT molecular complexity index is 495. The molecule has 0 saturated carbocycles. The predicted octanol–water partition coefficient (Wildman–Crippen LogP) is 2.30. The molecule has 1 heterocycles. The second-order valence-electron chi connectivity index (χ2n) is 5.03. The van der Waals surface area contributed by atoms with Crippen LogP contribution in [0.1, 0.15) is 12.0 Å². The summed E-state index contributed by atoms with van der Waals surface area (Å²) in [6.45, 7) is 1.21. The third-order valence-corrected chi connectivity index (χ3v) is 4.05. The quantitative estimate of drug-likeness (QED) is 0.756. The van der Waals surface area contributed by atoms with Crippen LogP contribution in [-0.4, -0.2) is 44.6 Å². The Hall–Kier alpha value is -1.62. The molecule has 0 aliphatic carbocycles. The average Bonchev–Trinajstić information content (AvgIpc) is 2.86. The average molecular weight is 314 g/mol. The zero-order valence-corrected chi connectivity index (χ0v) is 13.3. The molecule has 1 atom stereocenters. The van der Waals surface area contributed by atoms with Gasteiger partial charge in [0, 0.05) is 25.4 Å². The van der Waals surface area contributed by atoms with Gasteiger partial charge < -0.3 is 19.1 Å². The standard InChI is InChI=1S/C15H20ClNO4/c1-19-12-4-10(5-13(20-2)15(12)21-3)8-17-9-11(7-16)6-14(17)18/h4-5,11H,6-9H2,1-3H3. The van der Waals surface area contributed by atoms with E-state index in [1.54, 1.807) is 21.3 Å². The molecule has 1 aliphatic heterocycles. The first-order chi connectivity index (χ1) is 10.1. The van der Waals surface area contributed by atoms with E-state index in [0.29, 0.717) is 42.6 Å². The summed E-state index contributed by atoms with van der Waals surface area (Å²) in [6.07, 6.45) is 0.522. The van der Waals surface area contributed by atoms with Crippen molar-refractivity contribution in [3.8, 4) is 17.2 Å². The van der Waals surface area contributed by atoms with Crippen molar-refractivity contribution in [2.45, 2.75) is 13.0 Å². The highest BCUT2D eigenvalue weighted by Crippen LogP contribution is 2.38. The van der Waals surface area contributed by atoms with E-state index in [2.05, 4.69) is 0 Å². The number of likely N-dealkylation sites (tertiary alicyclic amines) is 1. The monoisotopic (exact) mass is 313 g/mol. The van der Waals surface area contributed by atoms with Crippen LogP contribution in [0.2, 0.25) is 0 Å². The van der Waals surface area contributed by atoms with E-state index >= 15 is 0 Å².